The number of sulfone groups is 1. The third-order valence-corrected chi connectivity index (χ3v) is 3.66. The van der Waals surface area contributed by atoms with Crippen LogP contribution in [0.1, 0.15) is 26.3 Å². The largest absolute Gasteiger partial charge is 0.459 e. The van der Waals surface area contributed by atoms with Crippen molar-refractivity contribution in [2.24, 2.45) is 0 Å². The molecule has 7 heteroatoms. The summed E-state index contributed by atoms with van der Waals surface area (Å²) in [5, 5.41) is 0. The normalized spacial score (nSPS) is 12.2. The summed E-state index contributed by atoms with van der Waals surface area (Å²) < 4.78 is 41.8. The minimum atomic E-state index is -3.72. The van der Waals surface area contributed by atoms with E-state index >= 15 is 0 Å². The van der Waals surface area contributed by atoms with Crippen molar-refractivity contribution >= 4 is 21.5 Å². The van der Waals surface area contributed by atoms with Gasteiger partial charge < -0.3 is 10.5 Å². The third-order valence-electron chi connectivity index (χ3n) is 2.21. The summed E-state index contributed by atoms with van der Waals surface area (Å²) in [4.78, 5) is 11.5. The third kappa shape index (κ3) is 5.56. The Morgan fingerprint density at radius 1 is 1.35 bits per heavy atom. The zero-order chi connectivity index (χ0) is 15.6. The van der Waals surface area contributed by atoms with Crippen molar-refractivity contribution in [2.75, 3.05) is 11.5 Å². The molecule has 0 bridgehead atoms. The molecule has 5 nitrogen and oxygen atoms in total. The molecule has 0 aromatic heterocycles. The average molecular weight is 303 g/mol. The molecule has 2 N–H and O–H groups in total. The van der Waals surface area contributed by atoms with Crippen molar-refractivity contribution in [3.05, 3.63) is 29.6 Å². The molecule has 0 unspecified atom stereocenters. The number of rotatable bonds is 4. The number of nitrogens with two attached hydrogens (primary N) is 1. The van der Waals surface area contributed by atoms with Gasteiger partial charge in [0.25, 0.3) is 0 Å². The lowest BCUT2D eigenvalue weighted by atomic mass is 10.2. The molecule has 0 aliphatic rings. The second-order valence-electron chi connectivity index (χ2n) is 5.47. The maximum atomic E-state index is 13.2. The van der Waals surface area contributed by atoms with Crippen molar-refractivity contribution in [1.29, 1.82) is 0 Å². The highest BCUT2D eigenvalue weighted by Gasteiger charge is 2.23. The van der Waals surface area contributed by atoms with Crippen LogP contribution in [0.4, 0.5) is 10.1 Å². The first-order chi connectivity index (χ1) is 8.98. The first-order valence-corrected chi connectivity index (χ1v) is 7.77. The Morgan fingerprint density at radius 3 is 2.45 bits per heavy atom. The fourth-order valence-corrected chi connectivity index (χ4v) is 2.72. The highest BCUT2D eigenvalue weighted by atomic mass is 32.2. The maximum Gasteiger partial charge on any atom is 0.321 e. The molecule has 0 aliphatic carbocycles. The summed E-state index contributed by atoms with van der Waals surface area (Å²) in [7, 11) is -3.72. The van der Waals surface area contributed by atoms with Gasteiger partial charge in [0.05, 0.1) is 11.4 Å². The van der Waals surface area contributed by atoms with Crippen LogP contribution >= 0.6 is 0 Å². The van der Waals surface area contributed by atoms with Gasteiger partial charge in [-0.1, -0.05) is 6.07 Å². The van der Waals surface area contributed by atoms with Gasteiger partial charge in [0.15, 0.2) is 9.84 Å². The van der Waals surface area contributed by atoms with Gasteiger partial charge in [0, 0.05) is 0 Å². The lowest BCUT2D eigenvalue weighted by Gasteiger charge is -2.19. The zero-order valence-electron chi connectivity index (χ0n) is 11.6. The Hall–Kier alpha value is -1.63. The van der Waals surface area contributed by atoms with Gasteiger partial charge in [0.1, 0.15) is 17.2 Å². The van der Waals surface area contributed by atoms with Crippen molar-refractivity contribution in [3.63, 3.8) is 0 Å². The lowest BCUT2D eigenvalue weighted by molar-refractivity contribution is -0.151. The van der Waals surface area contributed by atoms with E-state index in [1.807, 2.05) is 0 Å². The average Bonchev–Trinajstić information content (AvgIpc) is 2.18. The number of anilines is 1. The summed E-state index contributed by atoms with van der Waals surface area (Å²) >= 11 is 0. The summed E-state index contributed by atoms with van der Waals surface area (Å²) in [6, 6.07) is 3.74. The van der Waals surface area contributed by atoms with E-state index in [4.69, 9.17) is 10.5 Å². The van der Waals surface area contributed by atoms with Crippen LogP contribution in [0.15, 0.2) is 18.2 Å². The molecule has 0 aliphatic heterocycles. The first-order valence-electron chi connectivity index (χ1n) is 5.95. The second kappa shape index (κ2) is 5.78. The smallest absolute Gasteiger partial charge is 0.321 e. The minimum absolute atomic E-state index is 0.0571. The minimum Gasteiger partial charge on any atom is -0.459 e. The van der Waals surface area contributed by atoms with E-state index in [0.29, 0.717) is 0 Å². The molecule has 0 amide bonds. The molecule has 1 aromatic rings. The van der Waals surface area contributed by atoms with Crippen LogP contribution in [0.5, 0.6) is 0 Å². The maximum absolute atomic E-state index is 13.2. The molecule has 1 aromatic carbocycles. The van der Waals surface area contributed by atoms with Crippen LogP contribution < -0.4 is 5.73 Å². The van der Waals surface area contributed by atoms with Gasteiger partial charge in [-0.2, -0.15) is 0 Å². The Morgan fingerprint density at radius 2 is 1.95 bits per heavy atom. The molecular formula is C13H18FNO4S. The van der Waals surface area contributed by atoms with Gasteiger partial charge in [0.2, 0.25) is 0 Å². The highest BCUT2D eigenvalue weighted by molar-refractivity contribution is 7.91. The van der Waals surface area contributed by atoms with Crippen LogP contribution in [0.25, 0.3) is 0 Å². The van der Waals surface area contributed by atoms with Crippen LogP contribution in [-0.2, 0) is 25.1 Å². The molecule has 0 radical (unpaired) electrons. The second-order valence-corrected chi connectivity index (χ2v) is 7.54. The lowest BCUT2D eigenvalue weighted by Crippen LogP contribution is -2.29. The number of hydrogen-bond donors (Lipinski definition) is 1. The number of halogens is 1. The molecule has 0 saturated heterocycles. The van der Waals surface area contributed by atoms with Crippen LogP contribution in [-0.4, -0.2) is 25.7 Å². The Kier molecular flexibility index (Phi) is 4.75. The monoisotopic (exact) mass is 303 g/mol. The van der Waals surface area contributed by atoms with Crippen molar-refractivity contribution < 1.29 is 22.3 Å². The number of carbonyl (C=O) groups excluding carboxylic acids is 1. The molecule has 1 rings (SSSR count). The highest BCUT2D eigenvalue weighted by Crippen LogP contribution is 2.15. The fourth-order valence-electron chi connectivity index (χ4n) is 1.52. The van der Waals surface area contributed by atoms with Gasteiger partial charge >= 0.3 is 5.97 Å². The molecule has 0 saturated carbocycles. The number of hydrogen-bond acceptors (Lipinski definition) is 5. The standard InChI is InChI=1S/C13H18FNO4S/c1-13(2,3)19-12(16)8-20(17,18)7-9-4-5-11(15)10(14)6-9/h4-6H,7-8,15H2,1-3H3. The Balaban J connectivity index is 2.75. The molecule has 0 atom stereocenters. The predicted octanol–water partition coefficient (Wildman–Crippen LogP) is 1.66. The Bertz CT molecular complexity index is 605. The van der Waals surface area contributed by atoms with Crippen molar-refractivity contribution in [2.45, 2.75) is 32.1 Å². The van der Waals surface area contributed by atoms with Gasteiger partial charge in [-0.3, -0.25) is 4.79 Å². The first kappa shape index (κ1) is 16.4. The van der Waals surface area contributed by atoms with E-state index in [0.717, 1.165) is 6.07 Å². The van der Waals surface area contributed by atoms with Gasteiger partial charge in [-0.15, -0.1) is 0 Å². The fraction of sp³-hybridized carbons (Fsp3) is 0.462. The van der Waals surface area contributed by atoms with Crippen molar-refractivity contribution in [3.8, 4) is 0 Å². The van der Waals surface area contributed by atoms with Crippen LogP contribution in [0.3, 0.4) is 0 Å². The summed E-state index contributed by atoms with van der Waals surface area (Å²) in [5.74, 6) is -2.69. The van der Waals surface area contributed by atoms with Crippen molar-refractivity contribution in [1.82, 2.24) is 0 Å². The number of nitrogen functional groups attached to an aromatic ring is 1. The molecule has 0 spiro atoms. The van der Waals surface area contributed by atoms with Gasteiger partial charge in [-0.25, -0.2) is 12.8 Å². The van der Waals surface area contributed by atoms with Crippen LogP contribution in [0, 0.1) is 5.82 Å². The summed E-state index contributed by atoms with van der Waals surface area (Å²) in [6.07, 6.45) is 0. The number of ether oxygens (including phenoxy) is 1. The molecule has 20 heavy (non-hydrogen) atoms. The number of carbonyl (C=O) groups is 1. The van der Waals surface area contributed by atoms with E-state index in [-0.39, 0.29) is 11.3 Å². The summed E-state index contributed by atoms with van der Waals surface area (Å²) in [5.41, 5.74) is 4.73. The topological polar surface area (TPSA) is 86.5 Å². The van der Waals surface area contributed by atoms with E-state index in [9.17, 15) is 17.6 Å². The zero-order valence-corrected chi connectivity index (χ0v) is 12.5. The molecule has 0 fully saturated rings. The van der Waals surface area contributed by atoms with Crippen LogP contribution in [0.2, 0.25) is 0 Å². The molecule has 0 heterocycles. The quantitative estimate of drug-likeness (QED) is 0.675. The predicted molar refractivity (Wildman–Crippen MR) is 74.1 cm³/mol. The van der Waals surface area contributed by atoms with E-state index < -0.39 is 38.7 Å². The van der Waals surface area contributed by atoms with Gasteiger partial charge in [-0.05, 0) is 38.5 Å². The molecular weight excluding hydrogens is 285 g/mol. The van der Waals surface area contributed by atoms with E-state index in [1.165, 1.54) is 12.1 Å². The SMILES string of the molecule is CC(C)(C)OC(=O)CS(=O)(=O)Cc1ccc(N)c(F)c1. The number of esters is 1. The van der Waals surface area contributed by atoms with E-state index in [2.05, 4.69) is 0 Å². The molecule has 112 valence electrons. The summed E-state index contributed by atoms with van der Waals surface area (Å²) in [6.45, 7) is 4.94. The number of benzene rings is 1. The Labute approximate surface area is 117 Å². The van der Waals surface area contributed by atoms with E-state index in [1.54, 1.807) is 20.8 Å².